The number of para-hydroxylation sites is 1. The second-order valence-corrected chi connectivity index (χ2v) is 9.40. The number of amides is 1. The number of thioether (sulfide) groups is 1. The van der Waals surface area contributed by atoms with E-state index in [9.17, 15) is 20.2 Å². The van der Waals surface area contributed by atoms with Gasteiger partial charge in [-0.25, -0.2) is 0 Å². The Bertz CT molecular complexity index is 1420. The highest BCUT2D eigenvalue weighted by molar-refractivity contribution is 8.01. The molecule has 1 amide bonds. The number of carbonyl (C=O) groups is 1. The van der Waals surface area contributed by atoms with Crippen LogP contribution < -0.4 is 10.1 Å². The summed E-state index contributed by atoms with van der Waals surface area (Å²) in [5.74, 6) is 0.827. The van der Waals surface area contributed by atoms with Crippen molar-refractivity contribution in [3.8, 4) is 17.5 Å². The fourth-order valence-corrected chi connectivity index (χ4v) is 4.70. The van der Waals surface area contributed by atoms with Crippen molar-refractivity contribution in [3.05, 3.63) is 94.3 Å². The highest BCUT2D eigenvalue weighted by Crippen LogP contribution is 2.26. The Balaban J connectivity index is 1.37. The van der Waals surface area contributed by atoms with Crippen molar-refractivity contribution in [2.45, 2.75) is 4.34 Å². The van der Waals surface area contributed by atoms with E-state index in [4.69, 9.17) is 4.74 Å². The second kappa shape index (κ2) is 11.8. The largest absolute Gasteiger partial charge is 0.493 e. The number of carbonyl (C=O) groups excluding carboxylic acids is 1. The number of nitro benzene ring substituents is 1. The first-order valence-corrected chi connectivity index (χ1v) is 12.3. The Kier molecular flexibility index (Phi) is 8.07. The van der Waals surface area contributed by atoms with Gasteiger partial charge in [0.05, 0.1) is 11.5 Å². The van der Waals surface area contributed by atoms with Gasteiger partial charge >= 0.3 is 0 Å². The van der Waals surface area contributed by atoms with E-state index in [-0.39, 0.29) is 16.4 Å². The number of hydrogen-bond donors (Lipinski definition) is 1. The highest BCUT2D eigenvalue weighted by atomic mass is 32.2. The normalized spacial score (nSPS) is 11.0. The number of non-ortho nitro benzene ring substituents is 1. The molecular weight excluding hydrogens is 500 g/mol. The third-order valence-corrected chi connectivity index (χ3v) is 6.66. The van der Waals surface area contributed by atoms with Gasteiger partial charge in [0, 0.05) is 35.5 Å². The fourth-order valence-electron chi connectivity index (χ4n) is 3.07. The van der Waals surface area contributed by atoms with Gasteiger partial charge in [-0.1, -0.05) is 41.3 Å². The molecule has 1 N–H and O–H groups in total. The van der Waals surface area contributed by atoms with E-state index >= 15 is 0 Å². The first-order chi connectivity index (χ1) is 17.5. The summed E-state index contributed by atoms with van der Waals surface area (Å²) >= 11 is 2.65. The quantitative estimate of drug-likeness (QED) is 0.0592. The number of nitrogens with zero attached hydrogens (tertiary/aromatic N) is 5. The maximum Gasteiger partial charge on any atom is 0.269 e. The molecule has 180 valence electrons. The molecule has 4 aromatic rings. The summed E-state index contributed by atoms with van der Waals surface area (Å²) < 4.78 is 8.02. The number of rotatable bonds is 10. The molecule has 10 nitrogen and oxygen atoms in total. The van der Waals surface area contributed by atoms with E-state index in [1.54, 1.807) is 35.0 Å². The molecule has 0 spiro atoms. The van der Waals surface area contributed by atoms with Crippen LogP contribution in [0.3, 0.4) is 0 Å². The molecule has 4 rings (SSSR count). The van der Waals surface area contributed by atoms with Gasteiger partial charge in [-0.05, 0) is 42.5 Å². The molecule has 0 aliphatic heterocycles. The van der Waals surface area contributed by atoms with Gasteiger partial charge < -0.3 is 9.30 Å². The maximum absolute atomic E-state index is 12.7. The average Bonchev–Trinajstić information content (AvgIpc) is 3.55. The van der Waals surface area contributed by atoms with Crippen LogP contribution in [0.15, 0.2) is 82.8 Å². The molecule has 0 atom stereocenters. The van der Waals surface area contributed by atoms with Crippen molar-refractivity contribution >= 4 is 45.9 Å². The van der Waals surface area contributed by atoms with Gasteiger partial charge in [0.2, 0.25) is 5.13 Å². The highest BCUT2D eigenvalue weighted by Gasteiger charge is 2.15. The lowest BCUT2D eigenvalue weighted by molar-refractivity contribution is -0.384. The van der Waals surface area contributed by atoms with Crippen LogP contribution >= 0.6 is 23.1 Å². The smallest absolute Gasteiger partial charge is 0.269 e. The lowest BCUT2D eigenvalue weighted by Crippen LogP contribution is -2.13. The van der Waals surface area contributed by atoms with Crippen LogP contribution in [-0.4, -0.2) is 38.0 Å². The Hall–Kier alpha value is -4.47. The predicted octanol–water partition coefficient (Wildman–Crippen LogP) is 4.95. The zero-order valence-electron chi connectivity index (χ0n) is 18.6. The number of anilines is 1. The van der Waals surface area contributed by atoms with E-state index in [1.165, 1.54) is 41.3 Å². The minimum Gasteiger partial charge on any atom is -0.493 e. The lowest BCUT2D eigenvalue weighted by Gasteiger charge is -2.07. The van der Waals surface area contributed by atoms with E-state index in [0.717, 1.165) is 5.75 Å². The number of nitro groups is 1. The molecule has 12 heteroatoms. The maximum atomic E-state index is 12.7. The topological polar surface area (TPSA) is 136 Å². The Morgan fingerprint density at radius 3 is 2.67 bits per heavy atom. The summed E-state index contributed by atoms with van der Waals surface area (Å²) in [6.07, 6.45) is 3.17. The summed E-state index contributed by atoms with van der Waals surface area (Å²) in [5.41, 5.74) is 1.05. The Morgan fingerprint density at radius 2 is 1.94 bits per heavy atom. The van der Waals surface area contributed by atoms with Gasteiger partial charge in [-0.3, -0.25) is 20.2 Å². The van der Waals surface area contributed by atoms with Gasteiger partial charge in [0.1, 0.15) is 17.4 Å². The summed E-state index contributed by atoms with van der Waals surface area (Å²) in [4.78, 5) is 23.1. The summed E-state index contributed by atoms with van der Waals surface area (Å²) in [6, 6.07) is 20.8. The van der Waals surface area contributed by atoms with E-state index < -0.39 is 10.8 Å². The summed E-state index contributed by atoms with van der Waals surface area (Å²) in [6.45, 7) is 0.492. The zero-order valence-corrected chi connectivity index (χ0v) is 20.2. The second-order valence-electron chi connectivity index (χ2n) is 7.08. The van der Waals surface area contributed by atoms with Crippen molar-refractivity contribution in [3.63, 3.8) is 0 Å². The van der Waals surface area contributed by atoms with Crippen LogP contribution in [0.25, 0.3) is 11.8 Å². The van der Waals surface area contributed by atoms with Crippen molar-refractivity contribution in [2.75, 3.05) is 17.7 Å². The third-order valence-electron chi connectivity index (χ3n) is 4.72. The molecular formula is C24H18N6O4S2. The molecule has 2 heterocycles. The van der Waals surface area contributed by atoms with Crippen LogP contribution in [0.1, 0.15) is 5.69 Å². The average molecular weight is 519 g/mol. The van der Waals surface area contributed by atoms with Gasteiger partial charge in [0.15, 0.2) is 4.34 Å². The molecule has 0 bridgehead atoms. The SMILES string of the molecule is N#C/C(=C/c1cccn1-c1ccc([N+](=O)[O-])cc1)C(=O)Nc1nnc(SCCOc2ccccc2)s1. The monoisotopic (exact) mass is 518 g/mol. The van der Waals surface area contributed by atoms with E-state index in [0.29, 0.717) is 28.1 Å². The minimum atomic E-state index is -0.617. The fraction of sp³-hybridized carbons (Fsp3) is 0.0833. The third kappa shape index (κ3) is 6.35. The van der Waals surface area contributed by atoms with Crippen LogP contribution in [0.4, 0.5) is 10.8 Å². The van der Waals surface area contributed by atoms with Gasteiger partial charge in [0.25, 0.3) is 11.6 Å². The molecule has 0 saturated carbocycles. The molecule has 2 aromatic heterocycles. The Morgan fingerprint density at radius 1 is 1.17 bits per heavy atom. The van der Waals surface area contributed by atoms with Crippen LogP contribution in [0, 0.1) is 21.4 Å². The molecule has 0 radical (unpaired) electrons. The number of nitriles is 1. The first kappa shape index (κ1) is 24.6. The van der Waals surface area contributed by atoms with Crippen molar-refractivity contribution in [1.29, 1.82) is 5.26 Å². The minimum absolute atomic E-state index is 0.0293. The number of benzene rings is 2. The van der Waals surface area contributed by atoms with Crippen molar-refractivity contribution in [1.82, 2.24) is 14.8 Å². The van der Waals surface area contributed by atoms with Gasteiger partial charge in [-0.2, -0.15) is 5.26 Å². The Labute approximate surface area is 214 Å². The summed E-state index contributed by atoms with van der Waals surface area (Å²) in [7, 11) is 0. The number of aromatic nitrogens is 3. The number of nitrogens with one attached hydrogen (secondary N) is 1. The molecule has 2 aromatic carbocycles. The van der Waals surface area contributed by atoms with E-state index in [2.05, 4.69) is 15.5 Å². The van der Waals surface area contributed by atoms with Gasteiger partial charge in [-0.15, -0.1) is 10.2 Å². The molecule has 0 fully saturated rings. The molecule has 0 unspecified atom stereocenters. The number of ether oxygens (including phenoxy) is 1. The summed E-state index contributed by atoms with van der Waals surface area (Å²) in [5, 5.41) is 31.4. The molecule has 0 aliphatic carbocycles. The number of hydrogen-bond acceptors (Lipinski definition) is 9. The predicted molar refractivity (Wildman–Crippen MR) is 137 cm³/mol. The van der Waals surface area contributed by atoms with Crippen molar-refractivity contribution < 1.29 is 14.5 Å². The van der Waals surface area contributed by atoms with Crippen LogP contribution in [0.5, 0.6) is 5.75 Å². The molecule has 0 aliphatic rings. The zero-order chi connectivity index (χ0) is 25.3. The molecule has 36 heavy (non-hydrogen) atoms. The van der Waals surface area contributed by atoms with Crippen LogP contribution in [0.2, 0.25) is 0 Å². The first-order valence-electron chi connectivity index (χ1n) is 10.5. The molecule has 0 saturated heterocycles. The van der Waals surface area contributed by atoms with Crippen molar-refractivity contribution in [2.24, 2.45) is 0 Å². The standard InChI is InChI=1S/C24H18N6O4S2/c25-16-17(15-20-5-4-12-29(20)18-8-10-19(11-9-18)30(32)33)22(31)26-23-27-28-24(36-23)35-14-13-34-21-6-2-1-3-7-21/h1-12,15H,13-14H2,(H,26,27,31)/b17-15-. The van der Waals surface area contributed by atoms with E-state index in [1.807, 2.05) is 36.4 Å². The van der Waals surface area contributed by atoms with Crippen LogP contribution in [-0.2, 0) is 4.79 Å². The lowest BCUT2D eigenvalue weighted by atomic mass is 10.2.